The molecule has 120 valence electrons. The molecule has 0 bridgehead atoms. The van der Waals surface area contributed by atoms with Gasteiger partial charge in [-0.25, -0.2) is 13.2 Å². The fraction of sp³-hybridized carbons (Fsp3) is 0.467. The first-order valence-corrected chi connectivity index (χ1v) is 7.04. The summed E-state index contributed by atoms with van der Waals surface area (Å²) in [5.41, 5.74) is 4.80. The first kappa shape index (κ1) is 16.5. The van der Waals surface area contributed by atoms with E-state index < -0.39 is 40.8 Å². The van der Waals surface area contributed by atoms with Crippen molar-refractivity contribution >= 4 is 11.7 Å². The first-order chi connectivity index (χ1) is 10.3. The minimum atomic E-state index is -1.20. The van der Waals surface area contributed by atoms with Crippen LogP contribution in [0.2, 0.25) is 0 Å². The lowest BCUT2D eigenvalue weighted by Gasteiger charge is -2.32. The molecule has 1 saturated heterocycles. The number of benzene rings is 1. The number of hydrogen-bond donors (Lipinski definition) is 1. The maximum Gasteiger partial charge on any atom is 0.239 e. The maximum absolute atomic E-state index is 13.6. The molecule has 1 heterocycles. The van der Waals surface area contributed by atoms with Gasteiger partial charge < -0.3 is 10.6 Å². The maximum atomic E-state index is 13.6. The van der Waals surface area contributed by atoms with Crippen LogP contribution < -0.4 is 5.73 Å². The number of ketones is 1. The molecular weight excluding hydrogens is 297 g/mol. The highest BCUT2D eigenvalue weighted by Crippen LogP contribution is 2.25. The van der Waals surface area contributed by atoms with Gasteiger partial charge in [-0.2, -0.15) is 0 Å². The molecule has 0 radical (unpaired) electrons. The van der Waals surface area contributed by atoms with Crippen molar-refractivity contribution in [2.75, 3.05) is 13.1 Å². The van der Waals surface area contributed by atoms with E-state index in [1.54, 1.807) is 6.92 Å². The molecule has 22 heavy (non-hydrogen) atoms. The van der Waals surface area contributed by atoms with Gasteiger partial charge in [0.05, 0.1) is 11.6 Å². The molecule has 1 aliphatic rings. The average molecular weight is 314 g/mol. The first-order valence-electron chi connectivity index (χ1n) is 7.04. The smallest absolute Gasteiger partial charge is 0.239 e. The van der Waals surface area contributed by atoms with Crippen LogP contribution >= 0.6 is 0 Å². The number of likely N-dealkylation sites (tertiary alicyclic amines) is 1. The van der Waals surface area contributed by atoms with Crippen LogP contribution in [-0.2, 0) is 4.79 Å². The fourth-order valence-electron chi connectivity index (χ4n) is 2.63. The van der Waals surface area contributed by atoms with Crippen LogP contribution in [0.3, 0.4) is 0 Å². The molecule has 1 amide bonds. The van der Waals surface area contributed by atoms with Gasteiger partial charge in [0.25, 0.3) is 0 Å². The van der Waals surface area contributed by atoms with Gasteiger partial charge in [-0.3, -0.25) is 9.59 Å². The van der Waals surface area contributed by atoms with Crippen LogP contribution in [0.5, 0.6) is 0 Å². The van der Waals surface area contributed by atoms with Crippen molar-refractivity contribution in [3.05, 3.63) is 35.1 Å². The number of hydrogen-bond acceptors (Lipinski definition) is 3. The van der Waals surface area contributed by atoms with E-state index in [1.165, 1.54) is 4.90 Å². The molecule has 1 aromatic carbocycles. The molecule has 2 rings (SSSR count). The third kappa shape index (κ3) is 3.30. The summed E-state index contributed by atoms with van der Waals surface area (Å²) in [4.78, 5) is 25.5. The average Bonchev–Trinajstić information content (AvgIpc) is 2.45. The number of halogens is 3. The molecular formula is C15H17F3N2O2. The molecule has 1 atom stereocenters. The van der Waals surface area contributed by atoms with Gasteiger partial charge in [0.2, 0.25) is 5.91 Å². The Bertz CT molecular complexity index is 573. The lowest BCUT2D eigenvalue weighted by molar-refractivity contribution is -0.133. The lowest BCUT2D eigenvalue weighted by atomic mass is 9.88. The van der Waals surface area contributed by atoms with E-state index in [9.17, 15) is 22.8 Å². The molecule has 0 unspecified atom stereocenters. The van der Waals surface area contributed by atoms with Crippen LogP contribution in [0.25, 0.3) is 0 Å². The number of nitrogens with two attached hydrogens (primary N) is 1. The summed E-state index contributed by atoms with van der Waals surface area (Å²) in [5.74, 6) is -4.96. The van der Waals surface area contributed by atoms with Crippen LogP contribution in [-0.4, -0.2) is 35.7 Å². The van der Waals surface area contributed by atoms with Crippen LogP contribution in [0.4, 0.5) is 13.2 Å². The molecule has 0 aromatic heterocycles. The zero-order valence-electron chi connectivity index (χ0n) is 12.1. The van der Waals surface area contributed by atoms with Crippen molar-refractivity contribution in [3.8, 4) is 0 Å². The quantitative estimate of drug-likeness (QED) is 0.866. The van der Waals surface area contributed by atoms with Gasteiger partial charge in [-0.1, -0.05) is 0 Å². The fourth-order valence-corrected chi connectivity index (χ4v) is 2.63. The predicted octanol–water partition coefficient (Wildman–Crippen LogP) is 1.87. The van der Waals surface area contributed by atoms with Crippen LogP contribution in [0.1, 0.15) is 30.1 Å². The topological polar surface area (TPSA) is 63.4 Å². The van der Waals surface area contributed by atoms with Gasteiger partial charge in [-0.15, -0.1) is 0 Å². The largest absolute Gasteiger partial charge is 0.341 e. The van der Waals surface area contributed by atoms with E-state index in [0.717, 1.165) is 0 Å². The molecule has 1 aromatic rings. The Morgan fingerprint density at radius 2 is 1.68 bits per heavy atom. The Morgan fingerprint density at radius 1 is 1.18 bits per heavy atom. The molecule has 0 spiro atoms. The van der Waals surface area contributed by atoms with Crippen molar-refractivity contribution < 1.29 is 22.8 Å². The van der Waals surface area contributed by atoms with Crippen molar-refractivity contribution in [1.29, 1.82) is 0 Å². The molecule has 2 N–H and O–H groups in total. The van der Waals surface area contributed by atoms with E-state index in [-0.39, 0.29) is 5.91 Å². The summed E-state index contributed by atoms with van der Waals surface area (Å²) in [5, 5.41) is 0. The Hall–Kier alpha value is -1.89. The zero-order valence-corrected chi connectivity index (χ0v) is 12.1. The summed E-state index contributed by atoms with van der Waals surface area (Å²) in [6.07, 6.45) is 0.598. The van der Waals surface area contributed by atoms with Gasteiger partial charge >= 0.3 is 0 Å². The second-order valence-corrected chi connectivity index (χ2v) is 5.50. The van der Waals surface area contributed by atoms with Gasteiger partial charge in [-0.05, 0) is 19.8 Å². The third-order valence-corrected chi connectivity index (χ3v) is 3.82. The number of amides is 1. The second-order valence-electron chi connectivity index (χ2n) is 5.50. The molecule has 1 fully saturated rings. The van der Waals surface area contributed by atoms with Crippen LogP contribution in [0, 0.1) is 23.4 Å². The van der Waals surface area contributed by atoms with Gasteiger partial charge in [0.15, 0.2) is 5.78 Å². The number of rotatable bonds is 3. The minimum Gasteiger partial charge on any atom is -0.341 e. The number of nitrogens with zero attached hydrogens (tertiary/aromatic N) is 1. The SMILES string of the molecule is C[C@H](N)C(=O)N1CCC(C(=O)c2c(F)cc(F)cc2F)CC1. The van der Waals surface area contributed by atoms with Gasteiger partial charge in [0.1, 0.15) is 17.5 Å². The third-order valence-electron chi connectivity index (χ3n) is 3.82. The van der Waals surface area contributed by atoms with E-state index in [0.29, 0.717) is 38.1 Å². The summed E-state index contributed by atoms with van der Waals surface area (Å²) >= 11 is 0. The number of Topliss-reactive ketones (excluding diaryl/α,β-unsaturated/α-hetero) is 1. The Morgan fingerprint density at radius 3 is 2.14 bits per heavy atom. The normalized spacial score (nSPS) is 17.4. The van der Waals surface area contributed by atoms with E-state index in [1.807, 2.05) is 0 Å². The van der Waals surface area contributed by atoms with E-state index >= 15 is 0 Å². The second kappa shape index (κ2) is 6.48. The number of piperidine rings is 1. The molecule has 0 aliphatic carbocycles. The van der Waals surface area contributed by atoms with E-state index in [4.69, 9.17) is 5.73 Å². The van der Waals surface area contributed by atoms with Crippen molar-refractivity contribution in [1.82, 2.24) is 4.90 Å². The highest BCUT2D eigenvalue weighted by atomic mass is 19.1. The Balaban J connectivity index is 2.09. The molecule has 7 heteroatoms. The monoisotopic (exact) mass is 314 g/mol. The summed E-state index contributed by atoms with van der Waals surface area (Å²) < 4.78 is 40.2. The highest BCUT2D eigenvalue weighted by Gasteiger charge is 2.31. The summed E-state index contributed by atoms with van der Waals surface area (Å²) in [6, 6.07) is 0.357. The number of carbonyl (C=O) groups is 2. The van der Waals surface area contributed by atoms with Crippen molar-refractivity contribution in [2.24, 2.45) is 11.7 Å². The summed E-state index contributed by atoms with van der Waals surface area (Å²) in [6.45, 7) is 2.19. The van der Waals surface area contributed by atoms with Crippen molar-refractivity contribution in [3.63, 3.8) is 0 Å². The predicted molar refractivity (Wildman–Crippen MR) is 73.6 cm³/mol. The standard InChI is InChI=1S/C15H17F3N2O2/c1-8(19)15(22)20-4-2-9(3-5-20)14(21)13-11(17)6-10(16)7-12(13)18/h6-9H,2-5,19H2,1H3/t8-/m0/s1. The van der Waals surface area contributed by atoms with Gasteiger partial charge in [0, 0.05) is 31.1 Å². The molecule has 0 saturated carbocycles. The molecule has 4 nitrogen and oxygen atoms in total. The Labute approximate surface area is 126 Å². The zero-order chi connectivity index (χ0) is 16.4. The summed E-state index contributed by atoms with van der Waals surface area (Å²) in [7, 11) is 0. The lowest BCUT2D eigenvalue weighted by Crippen LogP contribution is -2.46. The highest BCUT2D eigenvalue weighted by molar-refractivity contribution is 5.98. The van der Waals surface area contributed by atoms with Crippen molar-refractivity contribution in [2.45, 2.75) is 25.8 Å². The minimum absolute atomic E-state index is 0.218. The number of carbonyl (C=O) groups excluding carboxylic acids is 2. The molecule has 1 aliphatic heterocycles. The Kier molecular flexibility index (Phi) is 4.85. The van der Waals surface area contributed by atoms with Crippen LogP contribution in [0.15, 0.2) is 12.1 Å². The van der Waals surface area contributed by atoms with E-state index in [2.05, 4.69) is 0 Å².